The number of carbonyl (C=O) groups is 1. The second kappa shape index (κ2) is 8.26. The van der Waals surface area contributed by atoms with Crippen molar-refractivity contribution in [1.82, 2.24) is 14.8 Å². The van der Waals surface area contributed by atoms with Crippen LogP contribution in [0.5, 0.6) is 0 Å². The fourth-order valence-electron chi connectivity index (χ4n) is 2.65. The van der Waals surface area contributed by atoms with Gasteiger partial charge in [-0.2, -0.15) is 0 Å². The molecule has 0 bridgehead atoms. The quantitative estimate of drug-likeness (QED) is 0.485. The maximum absolute atomic E-state index is 12.3. The number of thioether (sulfide) groups is 1. The van der Waals surface area contributed by atoms with E-state index in [1.165, 1.54) is 17.3 Å². The Labute approximate surface area is 162 Å². The van der Waals surface area contributed by atoms with Crippen LogP contribution < -0.4 is 5.32 Å². The van der Waals surface area contributed by atoms with Gasteiger partial charge in [0.05, 0.1) is 17.6 Å². The van der Waals surface area contributed by atoms with Gasteiger partial charge in [0.25, 0.3) is 0 Å². The number of amides is 1. The van der Waals surface area contributed by atoms with E-state index < -0.39 is 0 Å². The third-order valence-corrected chi connectivity index (χ3v) is 5.22. The number of anilines is 1. The Balaban J connectivity index is 1.71. The molecule has 0 fully saturated rings. The van der Waals surface area contributed by atoms with Crippen molar-refractivity contribution in [1.29, 1.82) is 0 Å². The molecule has 0 spiro atoms. The van der Waals surface area contributed by atoms with Gasteiger partial charge in [0.15, 0.2) is 11.0 Å². The molecule has 0 aliphatic rings. The molecule has 27 heavy (non-hydrogen) atoms. The summed E-state index contributed by atoms with van der Waals surface area (Å²) in [7, 11) is 0. The molecule has 6 nitrogen and oxygen atoms in total. The van der Waals surface area contributed by atoms with Gasteiger partial charge in [-0.05, 0) is 50.1 Å². The lowest BCUT2D eigenvalue weighted by molar-refractivity contribution is -0.113. The topological polar surface area (TPSA) is 73.0 Å². The molecule has 2 aromatic heterocycles. The minimum Gasteiger partial charge on any atom is -0.469 e. The first kappa shape index (κ1) is 19.0. The number of furan rings is 1. The van der Waals surface area contributed by atoms with E-state index in [4.69, 9.17) is 4.42 Å². The van der Waals surface area contributed by atoms with E-state index in [9.17, 15) is 4.79 Å². The summed E-state index contributed by atoms with van der Waals surface area (Å²) in [5.41, 5.74) is 4.02. The summed E-state index contributed by atoms with van der Waals surface area (Å²) in [5.74, 6) is 1.64. The molecule has 7 heteroatoms. The van der Waals surface area contributed by atoms with Crippen molar-refractivity contribution in [3.8, 4) is 11.4 Å². The van der Waals surface area contributed by atoms with Crippen LogP contribution in [0.25, 0.3) is 11.4 Å². The zero-order valence-electron chi connectivity index (χ0n) is 15.7. The predicted octanol–water partition coefficient (Wildman–Crippen LogP) is 4.38. The number of hydrogen-bond donors (Lipinski definition) is 1. The van der Waals surface area contributed by atoms with E-state index >= 15 is 0 Å². The molecule has 1 aromatic carbocycles. The first-order valence-electron chi connectivity index (χ1n) is 8.58. The first-order valence-corrected chi connectivity index (χ1v) is 9.56. The molecule has 0 saturated heterocycles. The molecule has 0 aliphatic carbocycles. The van der Waals surface area contributed by atoms with Crippen LogP contribution in [-0.2, 0) is 11.3 Å². The van der Waals surface area contributed by atoms with E-state index in [0.717, 1.165) is 22.6 Å². The molecular formula is C20H22N4O2S. The van der Waals surface area contributed by atoms with Crippen LogP contribution in [0, 0.1) is 20.8 Å². The number of carbonyl (C=O) groups excluding carboxylic acids is 1. The van der Waals surface area contributed by atoms with Gasteiger partial charge in [-0.3, -0.25) is 9.36 Å². The molecule has 3 aromatic rings. The lowest BCUT2D eigenvalue weighted by atomic mass is 10.1. The van der Waals surface area contributed by atoms with E-state index in [-0.39, 0.29) is 11.7 Å². The second-order valence-corrected chi connectivity index (χ2v) is 7.17. The monoisotopic (exact) mass is 382 g/mol. The normalized spacial score (nSPS) is 10.8. The van der Waals surface area contributed by atoms with Crippen molar-refractivity contribution in [2.45, 2.75) is 32.5 Å². The molecule has 2 heterocycles. The molecule has 1 amide bonds. The maximum Gasteiger partial charge on any atom is 0.234 e. The Morgan fingerprint density at radius 2 is 2.07 bits per heavy atom. The molecule has 0 atom stereocenters. The van der Waals surface area contributed by atoms with Crippen LogP contribution in [0.1, 0.15) is 16.9 Å². The third kappa shape index (κ3) is 4.31. The molecule has 0 unspecified atom stereocenters. The van der Waals surface area contributed by atoms with E-state index in [1.807, 2.05) is 49.6 Å². The van der Waals surface area contributed by atoms with Gasteiger partial charge in [-0.15, -0.1) is 16.8 Å². The van der Waals surface area contributed by atoms with E-state index in [2.05, 4.69) is 22.1 Å². The van der Waals surface area contributed by atoms with Crippen LogP contribution in [0.2, 0.25) is 0 Å². The zero-order valence-corrected chi connectivity index (χ0v) is 16.5. The molecule has 140 valence electrons. The predicted molar refractivity (Wildman–Crippen MR) is 108 cm³/mol. The summed E-state index contributed by atoms with van der Waals surface area (Å²) in [4.78, 5) is 12.3. The van der Waals surface area contributed by atoms with E-state index in [1.54, 1.807) is 12.3 Å². The number of hydrogen-bond acceptors (Lipinski definition) is 5. The van der Waals surface area contributed by atoms with Crippen molar-refractivity contribution < 1.29 is 9.21 Å². The average molecular weight is 382 g/mol. The van der Waals surface area contributed by atoms with Gasteiger partial charge >= 0.3 is 0 Å². The number of aryl methyl sites for hydroxylation is 3. The van der Waals surface area contributed by atoms with Crippen LogP contribution >= 0.6 is 11.8 Å². The Morgan fingerprint density at radius 1 is 1.26 bits per heavy atom. The van der Waals surface area contributed by atoms with Gasteiger partial charge in [0.1, 0.15) is 5.76 Å². The minimum absolute atomic E-state index is 0.0857. The Hall–Kier alpha value is -2.80. The summed E-state index contributed by atoms with van der Waals surface area (Å²) in [5, 5.41) is 12.1. The fourth-order valence-corrected chi connectivity index (χ4v) is 3.40. The highest BCUT2D eigenvalue weighted by Gasteiger charge is 2.17. The van der Waals surface area contributed by atoms with Crippen molar-refractivity contribution in [2.75, 3.05) is 11.1 Å². The zero-order chi connectivity index (χ0) is 19.4. The molecule has 0 saturated carbocycles. The summed E-state index contributed by atoms with van der Waals surface area (Å²) in [6.45, 7) is 10.3. The van der Waals surface area contributed by atoms with Gasteiger partial charge in [0, 0.05) is 12.2 Å². The van der Waals surface area contributed by atoms with Crippen LogP contribution in [0.4, 0.5) is 5.69 Å². The lowest BCUT2D eigenvalue weighted by Crippen LogP contribution is -2.14. The Morgan fingerprint density at radius 3 is 2.74 bits per heavy atom. The highest BCUT2D eigenvalue weighted by molar-refractivity contribution is 7.99. The number of nitrogens with zero attached hydrogens (tertiary/aromatic N) is 3. The lowest BCUT2D eigenvalue weighted by Gasteiger charge is -2.09. The third-order valence-electron chi connectivity index (χ3n) is 4.25. The summed E-state index contributed by atoms with van der Waals surface area (Å²) >= 11 is 1.34. The smallest absolute Gasteiger partial charge is 0.234 e. The summed E-state index contributed by atoms with van der Waals surface area (Å²) in [6.07, 6.45) is 3.41. The van der Waals surface area contributed by atoms with Gasteiger partial charge < -0.3 is 9.73 Å². The number of benzene rings is 1. The number of rotatable bonds is 7. The summed E-state index contributed by atoms with van der Waals surface area (Å²) in [6, 6.07) is 7.74. The number of aromatic nitrogens is 3. The maximum atomic E-state index is 12.3. The number of allylic oxidation sites excluding steroid dienone is 1. The van der Waals surface area contributed by atoms with Crippen molar-refractivity contribution in [2.24, 2.45) is 0 Å². The standard InChI is InChI=1S/C20H22N4O2S/c1-5-9-24-19(17-8-10-26-15(17)4)22-23-20(24)27-12-18(25)21-16-7-6-13(2)14(3)11-16/h5-8,10-11H,1,9,12H2,2-4H3,(H,21,25). The molecule has 0 aliphatic heterocycles. The molecule has 3 rings (SSSR count). The summed E-state index contributed by atoms with van der Waals surface area (Å²) < 4.78 is 7.30. The first-order chi connectivity index (χ1) is 13.0. The van der Waals surface area contributed by atoms with Gasteiger partial charge in [-0.25, -0.2) is 0 Å². The molecular weight excluding hydrogens is 360 g/mol. The highest BCUT2D eigenvalue weighted by Crippen LogP contribution is 2.27. The molecule has 1 N–H and O–H groups in total. The van der Waals surface area contributed by atoms with Crippen molar-refractivity contribution >= 4 is 23.4 Å². The Bertz CT molecular complexity index is 974. The second-order valence-electron chi connectivity index (χ2n) is 6.23. The largest absolute Gasteiger partial charge is 0.469 e. The van der Waals surface area contributed by atoms with Crippen molar-refractivity contribution in [3.63, 3.8) is 0 Å². The van der Waals surface area contributed by atoms with Gasteiger partial charge in [0.2, 0.25) is 5.91 Å². The molecule has 0 radical (unpaired) electrons. The average Bonchev–Trinajstić information content (AvgIpc) is 3.22. The Kier molecular flexibility index (Phi) is 5.81. The van der Waals surface area contributed by atoms with E-state index in [0.29, 0.717) is 17.5 Å². The fraction of sp³-hybridized carbons (Fsp3) is 0.250. The number of nitrogens with one attached hydrogen (secondary N) is 1. The van der Waals surface area contributed by atoms with Gasteiger partial charge in [-0.1, -0.05) is 23.9 Å². The van der Waals surface area contributed by atoms with Crippen LogP contribution in [0.15, 0.2) is 52.8 Å². The highest BCUT2D eigenvalue weighted by atomic mass is 32.2. The van der Waals surface area contributed by atoms with Crippen LogP contribution in [0.3, 0.4) is 0 Å². The van der Waals surface area contributed by atoms with Crippen LogP contribution in [-0.4, -0.2) is 26.4 Å². The van der Waals surface area contributed by atoms with Crippen molar-refractivity contribution in [3.05, 3.63) is 60.1 Å². The SMILES string of the molecule is C=CCn1c(SCC(=O)Nc2ccc(C)c(C)c2)nnc1-c1ccoc1C. The minimum atomic E-state index is -0.0857.